The van der Waals surface area contributed by atoms with Gasteiger partial charge >= 0.3 is 0 Å². The molecule has 6 rings (SSSR count). The number of benzene rings is 4. The first kappa shape index (κ1) is 15.5. The van der Waals surface area contributed by atoms with E-state index in [4.69, 9.17) is 4.74 Å². The molecule has 0 unspecified atom stereocenters. The molecule has 1 N–H and O–H groups in total. The second-order valence-corrected chi connectivity index (χ2v) is 7.33. The molecule has 0 aromatic heterocycles. The van der Waals surface area contributed by atoms with Crippen molar-refractivity contribution < 1.29 is 4.74 Å². The van der Waals surface area contributed by atoms with Gasteiger partial charge in [-0.05, 0) is 27.5 Å². The van der Waals surface area contributed by atoms with Gasteiger partial charge in [-0.25, -0.2) is 0 Å². The smallest absolute Gasteiger partial charge is 0.151 e. The summed E-state index contributed by atoms with van der Waals surface area (Å²) in [4.78, 5) is 0. The number of anilines is 1. The Labute approximate surface area is 163 Å². The number of fused-ring (bicyclic) bond motifs is 6. The van der Waals surface area contributed by atoms with Gasteiger partial charge in [-0.15, -0.1) is 0 Å². The maximum atomic E-state index is 6.29. The monoisotopic (exact) mass is 361 g/mol. The maximum Gasteiger partial charge on any atom is 0.151 e. The molecular formula is C26H19NO. The van der Waals surface area contributed by atoms with Crippen LogP contribution in [0.2, 0.25) is 0 Å². The molecule has 28 heavy (non-hydrogen) atoms. The molecule has 134 valence electrons. The minimum absolute atomic E-state index is 0.613. The van der Waals surface area contributed by atoms with Crippen molar-refractivity contribution in [2.75, 3.05) is 18.5 Å². The van der Waals surface area contributed by atoms with Crippen LogP contribution in [0.4, 0.5) is 5.69 Å². The van der Waals surface area contributed by atoms with Crippen molar-refractivity contribution in [3.8, 4) is 5.75 Å². The average Bonchev–Trinajstić information content (AvgIpc) is 3.40. The van der Waals surface area contributed by atoms with E-state index in [0.29, 0.717) is 6.61 Å². The van der Waals surface area contributed by atoms with E-state index in [1.165, 1.54) is 43.5 Å². The van der Waals surface area contributed by atoms with Gasteiger partial charge < -0.3 is 10.1 Å². The summed E-state index contributed by atoms with van der Waals surface area (Å²) in [7, 11) is 0. The predicted octanol–water partition coefficient (Wildman–Crippen LogP) is 4.06. The molecule has 0 saturated heterocycles. The highest BCUT2D eigenvalue weighted by Gasteiger charge is 2.26. The highest BCUT2D eigenvalue weighted by molar-refractivity contribution is 5.99. The summed E-state index contributed by atoms with van der Waals surface area (Å²) in [5.41, 5.74) is 6.25. The van der Waals surface area contributed by atoms with Gasteiger partial charge in [0.2, 0.25) is 0 Å². The number of nitrogens with one attached hydrogen (secondary N) is 1. The lowest BCUT2D eigenvalue weighted by Gasteiger charge is -2.08. The number of hydrogen-bond donors (Lipinski definition) is 1. The van der Waals surface area contributed by atoms with Crippen molar-refractivity contribution in [1.29, 1.82) is 0 Å². The molecule has 0 saturated carbocycles. The van der Waals surface area contributed by atoms with E-state index < -0.39 is 0 Å². The molecule has 0 atom stereocenters. The van der Waals surface area contributed by atoms with Crippen LogP contribution in [0.1, 0.15) is 11.1 Å². The van der Waals surface area contributed by atoms with Crippen molar-refractivity contribution in [3.05, 3.63) is 106 Å². The zero-order valence-corrected chi connectivity index (χ0v) is 15.4. The van der Waals surface area contributed by atoms with Gasteiger partial charge in [0.15, 0.2) is 5.75 Å². The van der Waals surface area contributed by atoms with Crippen LogP contribution in [-0.4, -0.2) is 13.2 Å². The molecular weight excluding hydrogens is 342 g/mol. The van der Waals surface area contributed by atoms with E-state index >= 15 is 0 Å². The molecule has 0 fully saturated rings. The molecule has 2 aliphatic rings. The topological polar surface area (TPSA) is 21.3 Å². The molecule has 0 amide bonds. The summed E-state index contributed by atoms with van der Waals surface area (Å²) < 4.78 is 6.29. The normalized spacial score (nSPS) is 14.6. The molecule has 0 aliphatic carbocycles. The molecule has 2 heteroatoms. The fourth-order valence-electron chi connectivity index (χ4n) is 4.58. The Morgan fingerprint density at radius 2 is 1.18 bits per heavy atom. The van der Waals surface area contributed by atoms with E-state index in [2.05, 4.69) is 90.2 Å². The Hall–Kier alpha value is -3.52. The van der Waals surface area contributed by atoms with Crippen LogP contribution in [0.25, 0.3) is 21.9 Å². The van der Waals surface area contributed by atoms with E-state index in [-0.39, 0.29) is 0 Å². The summed E-state index contributed by atoms with van der Waals surface area (Å²) in [6.07, 6.45) is 0. The van der Waals surface area contributed by atoms with Crippen molar-refractivity contribution in [1.82, 2.24) is 0 Å². The van der Waals surface area contributed by atoms with Crippen molar-refractivity contribution in [3.63, 3.8) is 0 Å². The largest absolute Gasteiger partial charge is 0.486 e. The zero-order valence-electron chi connectivity index (χ0n) is 15.4. The molecule has 4 aromatic rings. The molecule has 2 heterocycles. The standard InChI is InChI=1S/C26H19NO/c1-3-9-17(10-4-1)21-15-27-25-23(21)19-13-7-8-14-20(19)24-22(16-28-26(24)25)18-11-5-2-6-12-18/h1-14,27H,15-16H2. The molecule has 0 radical (unpaired) electrons. The summed E-state index contributed by atoms with van der Waals surface area (Å²) >= 11 is 0. The van der Waals surface area contributed by atoms with Crippen LogP contribution in [0, 0.1) is 0 Å². The lowest BCUT2D eigenvalue weighted by molar-refractivity contribution is 0.384. The molecule has 4 aromatic carbocycles. The first-order valence-corrected chi connectivity index (χ1v) is 9.70. The van der Waals surface area contributed by atoms with Gasteiger partial charge in [0.25, 0.3) is 0 Å². The Morgan fingerprint density at radius 3 is 1.86 bits per heavy atom. The van der Waals surface area contributed by atoms with Crippen LogP contribution in [0.15, 0.2) is 84.9 Å². The van der Waals surface area contributed by atoms with E-state index in [9.17, 15) is 0 Å². The third-order valence-corrected chi connectivity index (χ3v) is 5.82. The lowest BCUT2D eigenvalue weighted by Crippen LogP contribution is -2.15. The average molecular weight is 361 g/mol. The highest BCUT2D eigenvalue weighted by atomic mass is 16.5. The predicted molar refractivity (Wildman–Crippen MR) is 115 cm³/mol. The van der Waals surface area contributed by atoms with Crippen molar-refractivity contribution >= 4 is 27.6 Å². The third-order valence-electron chi connectivity index (χ3n) is 5.82. The quantitative estimate of drug-likeness (QED) is 0.581. The summed E-state index contributed by atoms with van der Waals surface area (Å²) in [5, 5.41) is 8.72. The van der Waals surface area contributed by atoms with E-state index in [0.717, 1.165) is 18.0 Å². The Bertz CT molecular complexity index is 1230. The van der Waals surface area contributed by atoms with Gasteiger partial charge in [0.1, 0.15) is 6.61 Å². The van der Waals surface area contributed by atoms with Crippen molar-refractivity contribution in [2.45, 2.75) is 0 Å². The van der Waals surface area contributed by atoms with Gasteiger partial charge in [-0.2, -0.15) is 0 Å². The van der Waals surface area contributed by atoms with Gasteiger partial charge in [0, 0.05) is 22.6 Å². The van der Waals surface area contributed by atoms with Gasteiger partial charge in [-0.1, -0.05) is 84.9 Å². The summed E-state index contributed by atoms with van der Waals surface area (Å²) in [6.45, 7) is 1.44. The molecule has 2 aliphatic heterocycles. The lowest BCUT2D eigenvalue weighted by atomic mass is 9.96. The summed E-state index contributed by atoms with van der Waals surface area (Å²) in [6, 6.07) is 30.0. The van der Waals surface area contributed by atoms with E-state index in [1.54, 1.807) is 0 Å². The fourth-order valence-corrected chi connectivity index (χ4v) is 4.58. The fraction of sp³-hybridized carbons (Fsp3) is 0.0769. The van der Waals surface area contributed by atoms with E-state index in [1.807, 2.05) is 0 Å². The minimum atomic E-state index is 0.613. The Balaban J connectivity index is 1.80. The first-order valence-electron chi connectivity index (χ1n) is 9.70. The second-order valence-electron chi connectivity index (χ2n) is 7.33. The van der Waals surface area contributed by atoms with Gasteiger partial charge in [-0.3, -0.25) is 0 Å². The Morgan fingerprint density at radius 1 is 0.607 bits per heavy atom. The maximum absolute atomic E-state index is 6.29. The minimum Gasteiger partial charge on any atom is -0.486 e. The number of rotatable bonds is 2. The first-order chi connectivity index (χ1) is 13.9. The van der Waals surface area contributed by atoms with Crippen LogP contribution in [-0.2, 0) is 0 Å². The van der Waals surface area contributed by atoms with Crippen LogP contribution < -0.4 is 20.5 Å². The molecule has 0 spiro atoms. The number of ether oxygens (including phenoxy) is 1. The molecule has 2 nitrogen and oxygen atoms in total. The van der Waals surface area contributed by atoms with Crippen LogP contribution >= 0.6 is 0 Å². The highest BCUT2D eigenvalue weighted by Crippen LogP contribution is 2.32. The van der Waals surface area contributed by atoms with Gasteiger partial charge in [0.05, 0.1) is 5.69 Å². The zero-order chi connectivity index (χ0) is 18.5. The third kappa shape index (κ3) is 2.15. The second kappa shape index (κ2) is 6.00. The Kier molecular flexibility index (Phi) is 3.33. The SMILES string of the molecule is c1ccc(C2=c3c(c4c(c5ccccc35)=C(c3ccccc3)CO4)NC2)cc1. The molecule has 0 bridgehead atoms. The number of hydrogen-bond acceptors (Lipinski definition) is 2. The summed E-state index contributed by atoms with van der Waals surface area (Å²) in [5.74, 6) is 0.999. The van der Waals surface area contributed by atoms with Crippen LogP contribution in [0.3, 0.4) is 0 Å². The van der Waals surface area contributed by atoms with Crippen LogP contribution in [0.5, 0.6) is 5.75 Å². The van der Waals surface area contributed by atoms with Crippen molar-refractivity contribution in [2.24, 2.45) is 0 Å².